The highest BCUT2D eigenvalue weighted by atomic mass is 35.5. The van der Waals surface area contributed by atoms with Gasteiger partial charge in [0, 0.05) is 41.2 Å². The van der Waals surface area contributed by atoms with Crippen LogP contribution in [-0.2, 0) is 22.7 Å². The van der Waals surface area contributed by atoms with E-state index in [4.69, 9.17) is 11.6 Å². The molecule has 0 bridgehead atoms. The summed E-state index contributed by atoms with van der Waals surface area (Å²) in [6.07, 6.45) is 0.506. The van der Waals surface area contributed by atoms with Gasteiger partial charge in [0.15, 0.2) is 5.69 Å². The number of para-hydroxylation sites is 1. The molecule has 9 nitrogen and oxygen atoms in total. The number of nitrogens with zero attached hydrogens (tertiary/aromatic N) is 3. The predicted molar refractivity (Wildman–Crippen MR) is 152 cm³/mol. The summed E-state index contributed by atoms with van der Waals surface area (Å²) in [5.74, 6) is -1.34. The zero-order chi connectivity index (χ0) is 28.7. The van der Waals surface area contributed by atoms with Crippen LogP contribution in [0.25, 0.3) is 16.9 Å². The van der Waals surface area contributed by atoms with Gasteiger partial charge >= 0.3 is 0 Å². The van der Waals surface area contributed by atoms with Crippen molar-refractivity contribution in [3.8, 4) is 16.9 Å². The van der Waals surface area contributed by atoms with Crippen molar-refractivity contribution < 1.29 is 19.2 Å². The summed E-state index contributed by atoms with van der Waals surface area (Å²) in [7, 11) is 0. The van der Waals surface area contributed by atoms with E-state index in [0.29, 0.717) is 28.3 Å². The minimum absolute atomic E-state index is 0.201. The molecule has 1 fully saturated rings. The lowest BCUT2D eigenvalue weighted by Gasteiger charge is -2.29. The lowest BCUT2D eigenvalue weighted by atomic mass is 10.0. The molecule has 1 unspecified atom stereocenters. The van der Waals surface area contributed by atoms with Crippen LogP contribution in [0.4, 0.5) is 0 Å². The Hall–Kier alpha value is -4.76. The average Bonchev–Trinajstić information content (AvgIpc) is 3.48. The molecule has 41 heavy (non-hydrogen) atoms. The van der Waals surface area contributed by atoms with E-state index in [1.54, 1.807) is 22.9 Å². The maximum Gasteiger partial charge on any atom is 0.272 e. The Balaban J connectivity index is 1.22. The first-order valence-corrected chi connectivity index (χ1v) is 13.6. The number of imide groups is 1. The summed E-state index contributed by atoms with van der Waals surface area (Å²) in [4.78, 5) is 51.7. The fourth-order valence-electron chi connectivity index (χ4n) is 5.45. The van der Waals surface area contributed by atoms with Gasteiger partial charge in [0.2, 0.25) is 11.8 Å². The minimum atomic E-state index is -0.674. The van der Waals surface area contributed by atoms with Crippen LogP contribution in [0, 0.1) is 6.92 Å². The van der Waals surface area contributed by atoms with Crippen LogP contribution in [0.5, 0.6) is 0 Å². The lowest BCUT2D eigenvalue weighted by molar-refractivity contribution is -0.136. The molecular weight excluding hydrogens is 542 g/mol. The Morgan fingerprint density at radius 1 is 1.05 bits per heavy atom. The van der Waals surface area contributed by atoms with E-state index in [9.17, 15) is 19.2 Å². The van der Waals surface area contributed by atoms with Crippen molar-refractivity contribution in [2.24, 2.45) is 0 Å². The van der Waals surface area contributed by atoms with Crippen molar-refractivity contribution in [3.63, 3.8) is 0 Å². The Kier molecular flexibility index (Phi) is 6.88. The van der Waals surface area contributed by atoms with Crippen LogP contribution < -0.4 is 10.6 Å². The first-order valence-electron chi connectivity index (χ1n) is 13.3. The van der Waals surface area contributed by atoms with E-state index in [0.717, 1.165) is 28.1 Å². The summed E-state index contributed by atoms with van der Waals surface area (Å²) in [5.41, 5.74) is 5.55. The van der Waals surface area contributed by atoms with Crippen LogP contribution in [0.3, 0.4) is 0 Å². The number of aromatic nitrogens is 2. The molecule has 206 valence electrons. The number of rotatable bonds is 6. The minimum Gasteiger partial charge on any atom is -0.347 e. The molecule has 2 aliphatic heterocycles. The second kappa shape index (κ2) is 10.7. The second-order valence-corrected chi connectivity index (χ2v) is 10.6. The van der Waals surface area contributed by atoms with Crippen LogP contribution in [0.15, 0.2) is 72.8 Å². The summed E-state index contributed by atoms with van der Waals surface area (Å²) in [6, 6.07) is 21.7. The van der Waals surface area contributed by atoms with Gasteiger partial charge in [-0.25, -0.2) is 4.68 Å². The highest BCUT2D eigenvalue weighted by Gasteiger charge is 2.39. The van der Waals surface area contributed by atoms with Crippen molar-refractivity contribution in [2.45, 2.75) is 38.9 Å². The number of fused-ring (bicyclic) bond motifs is 1. The molecule has 4 aromatic rings. The van der Waals surface area contributed by atoms with Gasteiger partial charge in [0.05, 0.1) is 11.4 Å². The van der Waals surface area contributed by atoms with Crippen molar-refractivity contribution in [1.82, 2.24) is 25.3 Å². The van der Waals surface area contributed by atoms with Gasteiger partial charge in [-0.05, 0) is 54.8 Å². The third-order valence-electron chi connectivity index (χ3n) is 7.48. The monoisotopic (exact) mass is 567 g/mol. The third kappa shape index (κ3) is 5.00. The van der Waals surface area contributed by atoms with E-state index >= 15 is 0 Å². The summed E-state index contributed by atoms with van der Waals surface area (Å²) >= 11 is 6.28. The number of benzene rings is 3. The van der Waals surface area contributed by atoms with Gasteiger partial charge < -0.3 is 10.2 Å². The van der Waals surface area contributed by atoms with Gasteiger partial charge in [0.1, 0.15) is 6.04 Å². The molecule has 1 atom stereocenters. The third-order valence-corrected chi connectivity index (χ3v) is 7.71. The van der Waals surface area contributed by atoms with Crippen LogP contribution in [0.2, 0.25) is 5.02 Å². The van der Waals surface area contributed by atoms with E-state index < -0.39 is 11.9 Å². The first-order chi connectivity index (χ1) is 19.8. The molecule has 2 N–H and O–H groups in total. The van der Waals surface area contributed by atoms with E-state index in [-0.39, 0.29) is 37.2 Å². The second-order valence-electron chi connectivity index (χ2n) is 10.2. The molecule has 4 amide bonds. The lowest BCUT2D eigenvalue weighted by Crippen LogP contribution is -2.52. The van der Waals surface area contributed by atoms with Gasteiger partial charge in [-0.1, -0.05) is 54.1 Å². The Morgan fingerprint density at radius 2 is 1.85 bits per heavy atom. The molecule has 3 aromatic carbocycles. The zero-order valence-electron chi connectivity index (χ0n) is 22.2. The van der Waals surface area contributed by atoms with E-state index in [1.807, 2.05) is 61.5 Å². The number of amides is 4. The number of halogens is 1. The molecule has 3 heterocycles. The number of carbonyl (C=O) groups excluding carboxylic acids is 4. The Labute approximate surface area is 241 Å². The summed E-state index contributed by atoms with van der Waals surface area (Å²) < 4.78 is 1.75. The smallest absolute Gasteiger partial charge is 0.272 e. The van der Waals surface area contributed by atoms with Gasteiger partial charge in [-0.3, -0.25) is 24.5 Å². The molecule has 6 rings (SSSR count). The fourth-order valence-corrected chi connectivity index (χ4v) is 5.64. The van der Waals surface area contributed by atoms with Crippen molar-refractivity contribution in [2.75, 3.05) is 0 Å². The molecule has 1 saturated heterocycles. The van der Waals surface area contributed by atoms with Gasteiger partial charge in [-0.2, -0.15) is 5.10 Å². The van der Waals surface area contributed by atoms with Gasteiger partial charge in [-0.15, -0.1) is 0 Å². The average molecular weight is 568 g/mol. The zero-order valence-corrected chi connectivity index (χ0v) is 22.9. The maximum absolute atomic E-state index is 13.4. The topological polar surface area (TPSA) is 113 Å². The number of nitrogens with one attached hydrogen (secondary N) is 2. The van der Waals surface area contributed by atoms with Crippen LogP contribution in [0.1, 0.15) is 50.4 Å². The molecule has 0 aliphatic carbocycles. The summed E-state index contributed by atoms with van der Waals surface area (Å²) in [6.45, 7) is 2.36. The molecule has 0 spiro atoms. The molecule has 0 radical (unpaired) electrons. The Bertz CT molecular complexity index is 1710. The molecule has 1 aromatic heterocycles. The quantitative estimate of drug-likeness (QED) is 0.339. The first kappa shape index (κ1) is 26.5. The molecule has 10 heteroatoms. The molecule has 0 saturated carbocycles. The largest absolute Gasteiger partial charge is 0.347 e. The fraction of sp³-hybridized carbons (Fsp3) is 0.194. The van der Waals surface area contributed by atoms with Crippen LogP contribution >= 0.6 is 11.6 Å². The van der Waals surface area contributed by atoms with Crippen molar-refractivity contribution >= 4 is 35.2 Å². The molecule has 2 aliphatic rings. The van der Waals surface area contributed by atoms with E-state index in [1.165, 1.54) is 4.90 Å². The number of hydrogen-bond acceptors (Lipinski definition) is 5. The van der Waals surface area contributed by atoms with Gasteiger partial charge in [0.25, 0.3) is 11.8 Å². The SMILES string of the molecule is Cc1c(C(=O)NCc2ccc3c(c2)CN(C2CCC(=O)NC2=O)C3=O)nn(-c2ccccc2)c1-c1cccc(Cl)c1. The molecular formula is C31H26ClN5O4. The highest BCUT2D eigenvalue weighted by Crippen LogP contribution is 2.31. The number of carbonyl (C=O) groups is 4. The van der Waals surface area contributed by atoms with Crippen molar-refractivity contribution in [1.29, 1.82) is 0 Å². The maximum atomic E-state index is 13.4. The predicted octanol–water partition coefficient (Wildman–Crippen LogP) is 4.19. The summed E-state index contributed by atoms with van der Waals surface area (Å²) in [5, 5.41) is 10.5. The normalized spacial score (nSPS) is 16.5. The van der Waals surface area contributed by atoms with E-state index in [2.05, 4.69) is 15.7 Å². The highest BCUT2D eigenvalue weighted by molar-refractivity contribution is 6.30. The number of piperidine rings is 1. The van der Waals surface area contributed by atoms with Crippen molar-refractivity contribution in [3.05, 3.63) is 106 Å². The standard InChI is InChI=1S/C31H26ClN5O4/c1-18-27(35-37(23-8-3-2-4-9-23)28(18)20-6-5-7-22(32)15-20)30(40)33-16-19-10-11-24-21(14-19)17-36(31(24)41)25-12-13-26(38)34-29(25)39/h2-11,14-15,25H,12-13,16-17H2,1H3,(H,33,40)(H,34,38,39). The van der Waals surface area contributed by atoms with Crippen LogP contribution in [-0.4, -0.2) is 44.4 Å². The number of hydrogen-bond donors (Lipinski definition) is 2. The Morgan fingerprint density at radius 3 is 2.61 bits per heavy atom.